The number of thiazole rings is 1. The van der Waals surface area contributed by atoms with E-state index in [1.165, 1.54) is 16.0 Å². The lowest BCUT2D eigenvalue weighted by Gasteiger charge is -2.20. The second-order valence-electron chi connectivity index (χ2n) is 4.83. The van der Waals surface area contributed by atoms with E-state index in [4.69, 9.17) is 0 Å². The molecule has 0 amide bonds. The Morgan fingerprint density at radius 3 is 2.56 bits per heavy atom. The third kappa shape index (κ3) is 2.98. The molecule has 96 valence electrons. The first-order chi connectivity index (χ1) is 8.58. The van der Waals surface area contributed by atoms with Gasteiger partial charge in [0.1, 0.15) is 0 Å². The lowest BCUT2D eigenvalue weighted by Crippen LogP contribution is -2.22. The molecule has 0 aliphatic rings. The van der Waals surface area contributed by atoms with Gasteiger partial charge in [-0.3, -0.25) is 0 Å². The molecule has 0 aliphatic heterocycles. The van der Waals surface area contributed by atoms with Gasteiger partial charge in [-0.2, -0.15) is 0 Å². The van der Waals surface area contributed by atoms with Crippen LogP contribution in [0, 0.1) is 13.8 Å². The van der Waals surface area contributed by atoms with Crippen molar-refractivity contribution in [1.29, 1.82) is 0 Å². The molecule has 1 unspecified atom stereocenters. The fraction of sp³-hybridized carbons (Fsp3) is 0.400. The number of benzene rings is 1. The van der Waals surface area contributed by atoms with E-state index in [2.05, 4.69) is 62.3 Å². The molecule has 0 spiro atoms. The van der Waals surface area contributed by atoms with Crippen LogP contribution in [-0.2, 0) is 0 Å². The van der Waals surface area contributed by atoms with Crippen LogP contribution in [0.4, 0.5) is 0 Å². The molecule has 1 heterocycles. The molecular weight excluding hydrogens is 240 g/mol. The first-order valence-corrected chi connectivity index (χ1v) is 7.18. The minimum atomic E-state index is 0.341. The fourth-order valence-corrected chi connectivity index (χ4v) is 3.03. The van der Waals surface area contributed by atoms with Crippen molar-refractivity contribution >= 4 is 11.3 Å². The highest BCUT2D eigenvalue weighted by molar-refractivity contribution is 7.09. The van der Waals surface area contributed by atoms with Gasteiger partial charge in [-0.05, 0) is 33.3 Å². The van der Waals surface area contributed by atoms with E-state index < -0.39 is 0 Å². The highest BCUT2D eigenvalue weighted by Crippen LogP contribution is 2.24. The maximum absolute atomic E-state index is 4.31. The first-order valence-electron chi connectivity index (χ1n) is 6.30. The topological polar surface area (TPSA) is 24.9 Å². The van der Waals surface area contributed by atoms with Gasteiger partial charge < -0.3 is 5.32 Å². The largest absolute Gasteiger partial charge is 0.303 e. The molecule has 1 aromatic carbocycles. The van der Waals surface area contributed by atoms with Crippen molar-refractivity contribution in [3.05, 3.63) is 51.5 Å². The quantitative estimate of drug-likeness (QED) is 0.892. The number of aryl methyl sites for hydroxylation is 2. The summed E-state index contributed by atoms with van der Waals surface area (Å²) < 4.78 is 0. The van der Waals surface area contributed by atoms with E-state index in [9.17, 15) is 0 Å². The molecule has 2 aromatic rings. The molecule has 0 saturated heterocycles. The molecule has 0 radical (unpaired) electrons. The third-order valence-corrected chi connectivity index (χ3v) is 4.33. The van der Waals surface area contributed by atoms with E-state index >= 15 is 0 Å². The van der Waals surface area contributed by atoms with Gasteiger partial charge in [-0.25, -0.2) is 4.98 Å². The van der Waals surface area contributed by atoms with Crippen LogP contribution < -0.4 is 5.32 Å². The molecule has 2 rings (SSSR count). The van der Waals surface area contributed by atoms with Gasteiger partial charge >= 0.3 is 0 Å². The minimum Gasteiger partial charge on any atom is -0.303 e. The van der Waals surface area contributed by atoms with Gasteiger partial charge in [-0.1, -0.05) is 29.8 Å². The van der Waals surface area contributed by atoms with Crippen LogP contribution in [0.25, 0.3) is 0 Å². The van der Waals surface area contributed by atoms with Crippen LogP contribution in [0.5, 0.6) is 0 Å². The normalized spacial score (nSPS) is 14.4. The number of nitrogens with one attached hydrogen (secondary N) is 1. The van der Waals surface area contributed by atoms with Gasteiger partial charge in [0.25, 0.3) is 0 Å². The molecule has 0 saturated carbocycles. The smallest absolute Gasteiger partial charge is 0.0798 e. The number of aromatic nitrogens is 1. The second kappa shape index (κ2) is 5.63. The van der Waals surface area contributed by atoms with Crippen LogP contribution in [0.2, 0.25) is 0 Å². The Bertz CT molecular complexity index is 519. The van der Waals surface area contributed by atoms with Crippen molar-refractivity contribution in [3.8, 4) is 0 Å². The summed E-state index contributed by atoms with van der Waals surface area (Å²) in [7, 11) is 0. The summed E-state index contributed by atoms with van der Waals surface area (Å²) >= 11 is 1.72. The Balaban J connectivity index is 2.08. The average Bonchev–Trinajstić information content (AvgIpc) is 2.75. The van der Waals surface area contributed by atoms with Crippen molar-refractivity contribution < 1.29 is 0 Å². The Hall–Kier alpha value is -1.19. The van der Waals surface area contributed by atoms with Crippen LogP contribution in [0.1, 0.15) is 47.6 Å². The van der Waals surface area contributed by atoms with Crippen LogP contribution >= 0.6 is 11.3 Å². The van der Waals surface area contributed by atoms with Crippen molar-refractivity contribution in [1.82, 2.24) is 10.3 Å². The summed E-state index contributed by atoms with van der Waals surface area (Å²) in [6.45, 7) is 8.61. The second-order valence-corrected chi connectivity index (χ2v) is 5.71. The maximum Gasteiger partial charge on any atom is 0.0798 e. The molecule has 2 atom stereocenters. The van der Waals surface area contributed by atoms with E-state index in [0.717, 1.165) is 5.69 Å². The van der Waals surface area contributed by atoms with E-state index in [0.29, 0.717) is 12.1 Å². The zero-order valence-electron chi connectivity index (χ0n) is 11.4. The molecule has 0 fully saturated rings. The van der Waals surface area contributed by atoms with Gasteiger partial charge in [0, 0.05) is 17.0 Å². The Morgan fingerprint density at radius 2 is 1.94 bits per heavy atom. The lowest BCUT2D eigenvalue weighted by molar-refractivity contribution is 0.498. The van der Waals surface area contributed by atoms with E-state index in [-0.39, 0.29) is 0 Å². The van der Waals surface area contributed by atoms with Crippen LogP contribution in [0.3, 0.4) is 0 Å². The van der Waals surface area contributed by atoms with Gasteiger partial charge in [-0.15, -0.1) is 11.3 Å². The van der Waals surface area contributed by atoms with E-state index in [1.807, 2.05) is 5.51 Å². The third-order valence-electron chi connectivity index (χ3n) is 3.22. The number of hydrogen-bond acceptors (Lipinski definition) is 3. The van der Waals surface area contributed by atoms with Crippen LogP contribution in [0.15, 0.2) is 29.8 Å². The van der Waals surface area contributed by atoms with Crippen molar-refractivity contribution in [2.45, 2.75) is 39.8 Å². The number of rotatable bonds is 4. The Labute approximate surface area is 113 Å². The molecular formula is C15H20N2S. The monoisotopic (exact) mass is 260 g/mol. The van der Waals surface area contributed by atoms with Crippen molar-refractivity contribution in [2.75, 3.05) is 0 Å². The summed E-state index contributed by atoms with van der Waals surface area (Å²) in [6.07, 6.45) is 0. The zero-order chi connectivity index (χ0) is 13.1. The summed E-state index contributed by atoms with van der Waals surface area (Å²) in [6, 6.07) is 9.36. The predicted molar refractivity (Wildman–Crippen MR) is 78.0 cm³/mol. The first kappa shape index (κ1) is 13.2. The highest BCUT2D eigenvalue weighted by atomic mass is 32.1. The molecule has 18 heavy (non-hydrogen) atoms. The van der Waals surface area contributed by atoms with Crippen LogP contribution in [-0.4, -0.2) is 4.98 Å². The SMILES string of the molecule is Cc1cccc([C@H](C)NC(C)c2scnc2C)c1. The zero-order valence-corrected chi connectivity index (χ0v) is 12.2. The minimum absolute atomic E-state index is 0.341. The molecule has 0 bridgehead atoms. The predicted octanol–water partition coefficient (Wildman–Crippen LogP) is 4.17. The molecule has 1 N–H and O–H groups in total. The summed E-state index contributed by atoms with van der Waals surface area (Å²) in [4.78, 5) is 5.64. The van der Waals surface area contributed by atoms with Crippen molar-refractivity contribution in [3.63, 3.8) is 0 Å². The van der Waals surface area contributed by atoms with Gasteiger partial charge in [0.15, 0.2) is 0 Å². The summed E-state index contributed by atoms with van der Waals surface area (Å²) in [5.74, 6) is 0. The number of hydrogen-bond donors (Lipinski definition) is 1. The Kier molecular flexibility index (Phi) is 4.15. The number of nitrogens with zero attached hydrogens (tertiary/aromatic N) is 1. The molecule has 3 heteroatoms. The van der Waals surface area contributed by atoms with E-state index in [1.54, 1.807) is 11.3 Å². The fourth-order valence-electron chi connectivity index (χ4n) is 2.21. The molecule has 1 aromatic heterocycles. The maximum atomic E-state index is 4.31. The van der Waals surface area contributed by atoms with Gasteiger partial charge in [0.05, 0.1) is 11.2 Å². The van der Waals surface area contributed by atoms with Gasteiger partial charge in [0.2, 0.25) is 0 Å². The van der Waals surface area contributed by atoms with Crippen molar-refractivity contribution in [2.24, 2.45) is 0 Å². The molecule has 0 aliphatic carbocycles. The molecule has 2 nitrogen and oxygen atoms in total. The summed E-state index contributed by atoms with van der Waals surface area (Å²) in [5.41, 5.74) is 5.70. The Morgan fingerprint density at radius 1 is 1.17 bits per heavy atom. The summed E-state index contributed by atoms with van der Waals surface area (Å²) in [5, 5.41) is 3.64. The standard InChI is InChI=1S/C15H20N2S/c1-10-6-5-7-14(8-10)11(2)17-13(4)15-12(3)16-9-18-15/h5-9,11,13,17H,1-4H3/t11-,13?/m0/s1. The highest BCUT2D eigenvalue weighted by Gasteiger charge is 2.14. The lowest BCUT2D eigenvalue weighted by atomic mass is 10.0. The average molecular weight is 260 g/mol.